The first kappa shape index (κ1) is 15.3. The Balaban J connectivity index is 2.07. The summed E-state index contributed by atoms with van der Waals surface area (Å²) in [5, 5.41) is 6.57. The Morgan fingerprint density at radius 2 is 1.67 bits per heavy atom. The lowest BCUT2D eigenvalue weighted by Gasteiger charge is -2.19. The van der Waals surface area contributed by atoms with Crippen molar-refractivity contribution in [3.8, 4) is 0 Å². The largest absolute Gasteiger partial charge is 0.370 e. The molecule has 21 heavy (non-hydrogen) atoms. The van der Waals surface area contributed by atoms with Crippen molar-refractivity contribution in [1.29, 1.82) is 0 Å². The molecule has 1 heterocycles. The average molecular weight is 284 g/mol. The smallest absolute Gasteiger partial charge is 0.135 e. The van der Waals surface area contributed by atoms with Gasteiger partial charge >= 0.3 is 0 Å². The second kappa shape index (κ2) is 6.57. The quantitative estimate of drug-likeness (QED) is 0.857. The number of nitrogens with one attached hydrogen (secondary N) is 2. The minimum Gasteiger partial charge on any atom is -0.370 e. The molecule has 0 aliphatic rings. The molecule has 1 aromatic carbocycles. The average Bonchev–Trinajstić information content (AvgIpc) is 2.45. The van der Waals surface area contributed by atoms with Crippen molar-refractivity contribution in [3.63, 3.8) is 0 Å². The lowest BCUT2D eigenvalue weighted by atomic mass is 9.87. The maximum atomic E-state index is 4.25. The standard InChI is InChI=1S/C17H24N4/c1-5-10-18-15-11-16(20-12-19-15)21-14-8-6-13(7-9-14)17(2,3)4/h6-9,11-12H,5,10H2,1-4H3,(H2,18,19,20,21). The summed E-state index contributed by atoms with van der Waals surface area (Å²) < 4.78 is 0. The molecule has 0 aliphatic carbocycles. The third kappa shape index (κ3) is 4.45. The molecule has 2 N–H and O–H groups in total. The predicted molar refractivity (Wildman–Crippen MR) is 89.2 cm³/mol. The van der Waals surface area contributed by atoms with E-state index in [9.17, 15) is 0 Å². The Labute approximate surface area is 127 Å². The highest BCUT2D eigenvalue weighted by molar-refractivity contribution is 5.59. The molecular formula is C17H24N4. The van der Waals surface area contributed by atoms with Crippen LogP contribution in [0.15, 0.2) is 36.7 Å². The van der Waals surface area contributed by atoms with Gasteiger partial charge in [-0.15, -0.1) is 0 Å². The van der Waals surface area contributed by atoms with Crippen LogP contribution in [0.4, 0.5) is 17.3 Å². The summed E-state index contributed by atoms with van der Waals surface area (Å²) in [6.07, 6.45) is 2.64. The zero-order chi connectivity index (χ0) is 15.3. The molecule has 0 aliphatic heterocycles. The van der Waals surface area contributed by atoms with Gasteiger partial charge in [0.2, 0.25) is 0 Å². The van der Waals surface area contributed by atoms with E-state index >= 15 is 0 Å². The second-order valence-corrected chi connectivity index (χ2v) is 6.17. The van der Waals surface area contributed by atoms with Crippen molar-refractivity contribution >= 4 is 17.3 Å². The minimum atomic E-state index is 0.171. The number of hydrogen-bond acceptors (Lipinski definition) is 4. The van der Waals surface area contributed by atoms with Gasteiger partial charge in [0.05, 0.1) is 0 Å². The van der Waals surface area contributed by atoms with Gasteiger partial charge in [-0.25, -0.2) is 9.97 Å². The summed E-state index contributed by atoms with van der Waals surface area (Å²) in [5.74, 6) is 1.65. The molecule has 0 spiro atoms. The topological polar surface area (TPSA) is 49.8 Å². The highest BCUT2D eigenvalue weighted by Gasteiger charge is 2.12. The van der Waals surface area contributed by atoms with E-state index < -0.39 is 0 Å². The van der Waals surface area contributed by atoms with Gasteiger partial charge < -0.3 is 10.6 Å². The van der Waals surface area contributed by atoms with Crippen LogP contribution in [0.2, 0.25) is 0 Å². The molecule has 1 aromatic heterocycles. The van der Waals surface area contributed by atoms with Gasteiger partial charge in [0, 0.05) is 18.3 Å². The second-order valence-electron chi connectivity index (χ2n) is 6.17. The van der Waals surface area contributed by atoms with Crippen LogP contribution >= 0.6 is 0 Å². The van der Waals surface area contributed by atoms with E-state index in [-0.39, 0.29) is 5.41 Å². The maximum Gasteiger partial charge on any atom is 0.135 e. The lowest BCUT2D eigenvalue weighted by molar-refractivity contribution is 0.590. The fourth-order valence-corrected chi connectivity index (χ4v) is 1.98. The van der Waals surface area contributed by atoms with Crippen molar-refractivity contribution in [3.05, 3.63) is 42.2 Å². The van der Waals surface area contributed by atoms with Crippen LogP contribution in [0.1, 0.15) is 39.7 Å². The molecule has 0 radical (unpaired) electrons. The molecule has 0 bridgehead atoms. The highest BCUT2D eigenvalue weighted by Crippen LogP contribution is 2.24. The summed E-state index contributed by atoms with van der Waals surface area (Å²) in [7, 11) is 0. The van der Waals surface area contributed by atoms with Gasteiger partial charge in [-0.2, -0.15) is 0 Å². The van der Waals surface area contributed by atoms with Crippen LogP contribution < -0.4 is 10.6 Å². The Hall–Kier alpha value is -2.10. The number of benzene rings is 1. The SMILES string of the molecule is CCCNc1cc(Nc2ccc(C(C)(C)C)cc2)ncn1. The molecular weight excluding hydrogens is 260 g/mol. The minimum absolute atomic E-state index is 0.171. The third-order valence-electron chi connectivity index (χ3n) is 3.25. The molecule has 0 saturated heterocycles. The van der Waals surface area contributed by atoms with E-state index in [2.05, 4.69) is 72.6 Å². The van der Waals surface area contributed by atoms with Crippen molar-refractivity contribution in [2.45, 2.75) is 39.5 Å². The molecule has 0 fully saturated rings. The van der Waals surface area contributed by atoms with E-state index in [1.165, 1.54) is 5.56 Å². The fraction of sp³-hybridized carbons (Fsp3) is 0.412. The first-order chi connectivity index (χ1) is 9.99. The van der Waals surface area contributed by atoms with Gasteiger partial charge in [-0.3, -0.25) is 0 Å². The van der Waals surface area contributed by atoms with Crippen LogP contribution in [0.5, 0.6) is 0 Å². The van der Waals surface area contributed by atoms with E-state index in [1.807, 2.05) is 6.07 Å². The summed E-state index contributed by atoms with van der Waals surface area (Å²) in [4.78, 5) is 8.45. The molecule has 4 heteroatoms. The molecule has 0 atom stereocenters. The highest BCUT2D eigenvalue weighted by atomic mass is 15.1. The molecule has 0 unspecified atom stereocenters. The summed E-state index contributed by atoms with van der Waals surface area (Å²) in [5.41, 5.74) is 2.52. The number of rotatable bonds is 5. The molecule has 0 saturated carbocycles. The van der Waals surface area contributed by atoms with Crippen molar-refractivity contribution in [2.24, 2.45) is 0 Å². The molecule has 112 valence electrons. The predicted octanol–water partition coefficient (Wildman–Crippen LogP) is 4.34. The molecule has 2 rings (SSSR count). The third-order valence-corrected chi connectivity index (χ3v) is 3.25. The summed E-state index contributed by atoms with van der Waals surface area (Å²) in [6.45, 7) is 9.68. The van der Waals surface area contributed by atoms with Gasteiger partial charge in [-0.1, -0.05) is 39.8 Å². The van der Waals surface area contributed by atoms with E-state index in [4.69, 9.17) is 0 Å². The van der Waals surface area contributed by atoms with E-state index in [1.54, 1.807) is 6.33 Å². The van der Waals surface area contributed by atoms with Crippen LogP contribution in [-0.4, -0.2) is 16.5 Å². The molecule has 4 nitrogen and oxygen atoms in total. The Kier molecular flexibility index (Phi) is 4.78. The fourth-order valence-electron chi connectivity index (χ4n) is 1.98. The van der Waals surface area contributed by atoms with Crippen molar-refractivity contribution in [2.75, 3.05) is 17.2 Å². The first-order valence-corrected chi connectivity index (χ1v) is 7.42. The van der Waals surface area contributed by atoms with Crippen LogP contribution in [-0.2, 0) is 5.41 Å². The molecule has 0 amide bonds. The molecule has 2 aromatic rings. The Bertz CT molecular complexity index is 570. The van der Waals surface area contributed by atoms with Crippen LogP contribution in [0, 0.1) is 0 Å². The zero-order valence-electron chi connectivity index (χ0n) is 13.3. The number of nitrogens with zero attached hydrogens (tertiary/aromatic N) is 2. The first-order valence-electron chi connectivity index (χ1n) is 7.42. The van der Waals surface area contributed by atoms with Crippen molar-refractivity contribution in [1.82, 2.24) is 9.97 Å². The lowest BCUT2D eigenvalue weighted by Crippen LogP contribution is -2.10. The number of anilines is 3. The monoisotopic (exact) mass is 284 g/mol. The van der Waals surface area contributed by atoms with Crippen LogP contribution in [0.25, 0.3) is 0 Å². The van der Waals surface area contributed by atoms with E-state index in [0.29, 0.717) is 0 Å². The Morgan fingerprint density at radius 1 is 1.00 bits per heavy atom. The van der Waals surface area contributed by atoms with Crippen LogP contribution in [0.3, 0.4) is 0 Å². The van der Waals surface area contributed by atoms with Gasteiger partial charge in [0.15, 0.2) is 0 Å². The number of aromatic nitrogens is 2. The summed E-state index contributed by atoms with van der Waals surface area (Å²) in [6, 6.07) is 10.4. The zero-order valence-corrected chi connectivity index (χ0v) is 13.3. The van der Waals surface area contributed by atoms with E-state index in [0.717, 1.165) is 30.3 Å². The number of hydrogen-bond donors (Lipinski definition) is 2. The van der Waals surface area contributed by atoms with Gasteiger partial charge in [0.25, 0.3) is 0 Å². The normalized spacial score (nSPS) is 11.2. The van der Waals surface area contributed by atoms with Crippen molar-refractivity contribution < 1.29 is 0 Å². The van der Waals surface area contributed by atoms with Gasteiger partial charge in [0.1, 0.15) is 18.0 Å². The summed E-state index contributed by atoms with van der Waals surface area (Å²) >= 11 is 0. The maximum absolute atomic E-state index is 4.25. The van der Waals surface area contributed by atoms with Gasteiger partial charge in [-0.05, 0) is 29.5 Å². The Morgan fingerprint density at radius 3 is 2.29 bits per heavy atom.